The molecule has 3 N–H and O–H groups in total. The van der Waals surface area contributed by atoms with E-state index in [4.69, 9.17) is 5.11 Å². The van der Waals surface area contributed by atoms with Crippen molar-refractivity contribution in [2.45, 2.75) is 19.3 Å². The minimum atomic E-state index is -0.407. The van der Waals surface area contributed by atoms with Crippen LogP contribution >= 0.6 is 0 Å². The van der Waals surface area contributed by atoms with Crippen LogP contribution in [0.4, 0.5) is 10.6 Å². The first kappa shape index (κ1) is 20.4. The van der Waals surface area contributed by atoms with Gasteiger partial charge in [0, 0.05) is 58.4 Å². The van der Waals surface area contributed by atoms with Crippen molar-refractivity contribution in [2.75, 3.05) is 31.6 Å². The van der Waals surface area contributed by atoms with Crippen LogP contribution in [0.25, 0.3) is 10.9 Å². The molecular weight excluding hydrogens is 346 g/mol. The molecule has 1 fully saturated rings. The first-order chi connectivity index (χ1) is 13.2. The van der Waals surface area contributed by atoms with Crippen LogP contribution in [0.15, 0.2) is 24.3 Å². The van der Waals surface area contributed by atoms with Gasteiger partial charge < -0.3 is 10.4 Å². The lowest BCUT2D eigenvalue weighted by Crippen LogP contribution is -2.49. The number of aromatic nitrogens is 2. The van der Waals surface area contributed by atoms with Gasteiger partial charge in [0.2, 0.25) is 5.91 Å². The summed E-state index contributed by atoms with van der Waals surface area (Å²) in [6, 6.07) is 7.28. The fraction of sp³-hybridized carbons (Fsp3) is 0.421. The molecule has 8 heteroatoms. The van der Waals surface area contributed by atoms with E-state index in [0.717, 1.165) is 43.9 Å². The first-order valence-electron chi connectivity index (χ1n) is 8.81. The molecule has 0 saturated carbocycles. The number of carbonyl (C=O) groups excluding carboxylic acids is 2. The Labute approximate surface area is 158 Å². The summed E-state index contributed by atoms with van der Waals surface area (Å²) in [6.45, 7) is 2.52. The molecule has 144 valence electrons. The number of para-hydroxylation sites is 1. The maximum Gasteiger partial charge on any atom is 0.329 e. The fourth-order valence-corrected chi connectivity index (χ4v) is 2.76. The highest BCUT2D eigenvalue weighted by Gasteiger charge is 2.27. The highest BCUT2D eigenvalue weighted by Crippen LogP contribution is 2.26. The molecule has 3 amide bonds. The summed E-state index contributed by atoms with van der Waals surface area (Å²) >= 11 is 0. The number of nitrogens with zero attached hydrogens (tertiary/aromatic N) is 3. The number of carbonyl (C=O) groups is 2. The van der Waals surface area contributed by atoms with Crippen LogP contribution in [-0.2, 0) is 11.8 Å². The third-order valence-corrected chi connectivity index (χ3v) is 4.03. The molecule has 2 aromatic rings. The van der Waals surface area contributed by atoms with Crippen LogP contribution in [0, 0.1) is 11.8 Å². The van der Waals surface area contributed by atoms with E-state index in [0.29, 0.717) is 18.8 Å². The summed E-state index contributed by atoms with van der Waals surface area (Å²) in [5.74, 6) is 6.43. The zero-order valence-corrected chi connectivity index (χ0v) is 15.7. The molecule has 0 radical (unpaired) electrons. The molecule has 4 rings (SSSR count). The molecule has 1 saturated heterocycles. The molecule has 0 unspecified atom stereocenters. The van der Waals surface area contributed by atoms with Crippen molar-refractivity contribution in [1.82, 2.24) is 20.4 Å². The third kappa shape index (κ3) is 5.29. The van der Waals surface area contributed by atoms with Crippen LogP contribution in [0.3, 0.4) is 0 Å². The van der Waals surface area contributed by atoms with Gasteiger partial charge in [0.05, 0.1) is 5.52 Å². The van der Waals surface area contributed by atoms with E-state index < -0.39 is 6.03 Å². The van der Waals surface area contributed by atoms with E-state index in [1.54, 1.807) is 4.68 Å². The largest absolute Gasteiger partial charge is 0.400 e. The molecule has 0 aliphatic carbocycles. The molecule has 2 aliphatic rings. The smallest absolute Gasteiger partial charge is 0.329 e. The number of hydrogen-bond acceptors (Lipinski definition) is 5. The molecule has 1 aromatic heterocycles. The number of imide groups is 1. The van der Waals surface area contributed by atoms with Crippen molar-refractivity contribution in [2.24, 2.45) is 7.05 Å². The molecular formula is C19H25N5O3. The average molecular weight is 371 g/mol. The van der Waals surface area contributed by atoms with Gasteiger partial charge in [-0.3, -0.25) is 19.7 Å². The van der Waals surface area contributed by atoms with Crippen LogP contribution in [0.2, 0.25) is 0 Å². The zero-order valence-electron chi connectivity index (χ0n) is 15.7. The van der Waals surface area contributed by atoms with Gasteiger partial charge in [-0.15, -0.1) is 11.8 Å². The van der Waals surface area contributed by atoms with Gasteiger partial charge in [0.25, 0.3) is 0 Å². The van der Waals surface area contributed by atoms with Crippen molar-refractivity contribution in [1.29, 1.82) is 0 Å². The zero-order chi connectivity index (χ0) is 19.6. The quantitative estimate of drug-likeness (QED) is 0.650. The van der Waals surface area contributed by atoms with Crippen LogP contribution in [0.1, 0.15) is 19.3 Å². The minimum Gasteiger partial charge on any atom is -0.400 e. The number of nitrogens with one attached hydrogen (secondary N) is 2. The van der Waals surface area contributed by atoms with E-state index in [-0.39, 0.29) is 5.91 Å². The highest BCUT2D eigenvalue weighted by atomic mass is 16.2. The van der Waals surface area contributed by atoms with Gasteiger partial charge in [-0.25, -0.2) is 4.79 Å². The Balaban J connectivity index is 0.000000244. The third-order valence-electron chi connectivity index (χ3n) is 4.03. The normalized spacial score (nSPS) is 16.0. The standard InChI is InChI=1S/C12H12N4O2.C6H9N.CH4O/c1-15-9-5-3-2-4-8(9)11(14-15)16-7-6-10(17)13-12(16)18;1-2-4-6-7-5-3-1;1-2/h2-5H,6-7H2,1H3,(H,13,17,18);7H,3-6H2;2H,1H3. The van der Waals surface area contributed by atoms with Gasteiger partial charge in [0.1, 0.15) is 0 Å². The number of hydrogen-bond donors (Lipinski definition) is 3. The number of rotatable bonds is 1. The van der Waals surface area contributed by atoms with Gasteiger partial charge in [-0.05, 0) is 12.1 Å². The van der Waals surface area contributed by atoms with Crippen LogP contribution in [0.5, 0.6) is 0 Å². The van der Waals surface area contributed by atoms with Crippen LogP contribution < -0.4 is 15.5 Å². The van der Waals surface area contributed by atoms with Crippen LogP contribution in [-0.4, -0.2) is 53.6 Å². The number of aliphatic hydroxyl groups excluding tert-OH is 1. The number of aliphatic hydroxyl groups is 1. The number of amides is 3. The Hall–Kier alpha value is -2.89. The molecule has 1 aromatic carbocycles. The second-order valence-electron chi connectivity index (χ2n) is 5.82. The fourth-order valence-electron chi connectivity index (χ4n) is 2.76. The number of urea groups is 1. The number of anilines is 1. The predicted molar refractivity (Wildman–Crippen MR) is 104 cm³/mol. The lowest BCUT2D eigenvalue weighted by molar-refractivity contribution is -0.120. The lowest BCUT2D eigenvalue weighted by Gasteiger charge is -2.24. The summed E-state index contributed by atoms with van der Waals surface area (Å²) in [5, 5.41) is 17.8. The summed E-state index contributed by atoms with van der Waals surface area (Å²) in [4.78, 5) is 24.4. The minimum absolute atomic E-state index is 0.239. The molecule has 3 heterocycles. The van der Waals surface area contributed by atoms with Crippen molar-refractivity contribution in [3.8, 4) is 11.8 Å². The van der Waals surface area contributed by atoms with E-state index in [1.807, 2.05) is 31.3 Å². The topological polar surface area (TPSA) is 99.5 Å². The van der Waals surface area contributed by atoms with Gasteiger partial charge in [-0.2, -0.15) is 5.10 Å². The van der Waals surface area contributed by atoms with Crippen molar-refractivity contribution in [3.05, 3.63) is 24.3 Å². The average Bonchev–Trinajstić information content (AvgIpc) is 2.87. The Bertz CT molecular complexity index is 840. The van der Waals surface area contributed by atoms with Crippen molar-refractivity contribution >= 4 is 28.7 Å². The van der Waals surface area contributed by atoms with Gasteiger partial charge in [-0.1, -0.05) is 12.1 Å². The maximum absolute atomic E-state index is 11.8. The summed E-state index contributed by atoms with van der Waals surface area (Å²) < 4.78 is 1.73. The van der Waals surface area contributed by atoms with Gasteiger partial charge in [0.15, 0.2) is 5.82 Å². The SMILES string of the molecule is C1#CCCNCC1.CO.Cn1nc(N2CCC(=O)NC2=O)c2ccccc21. The maximum atomic E-state index is 11.8. The molecule has 0 spiro atoms. The molecule has 0 bridgehead atoms. The molecule has 8 nitrogen and oxygen atoms in total. The van der Waals surface area contributed by atoms with Gasteiger partial charge >= 0.3 is 6.03 Å². The van der Waals surface area contributed by atoms with E-state index >= 15 is 0 Å². The Morgan fingerprint density at radius 2 is 1.78 bits per heavy atom. The number of benzene rings is 1. The first-order valence-corrected chi connectivity index (χ1v) is 8.81. The lowest BCUT2D eigenvalue weighted by atomic mass is 10.2. The predicted octanol–water partition coefficient (Wildman–Crippen LogP) is 1.00. The summed E-state index contributed by atoms with van der Waals surface area (Å²) in [6.07, 6.45) is 2.36. The Morgan fingerprint density at radius 3 is 2.44 bits per heavy atom. The second-order valence-corrected chi connectivity index (χ2v) is 5.82. The molecule has 2 aliphatic heterocycles. The Kier molecular flexibility index (Phi) is 7.79. The Morgan fingerprint density at radius 1 is 1.11 bits per heavy atom. The van der Waals surface area contributed by atoms with E-state index in [1.165, 1.54) is 4.90 Å². The van der Waals surface area contributed by atoms with E-state index in [9.17, 15) is 9.59 Å². The van der Waals surface area contributed by atoms with Crippen molar-refractivity contribution < 1.29 is 14.7 Å². The summed E-state index contributed by atoms with van der Waals surface area (Å²) in [7, 11) is 2.83. The number of fused-ring (bicyclic) bond motifs is 1. The van der Waals surface area contributed by atoms with Crippen molar-refractivity contribution in [3.63, 3.8) is 0 Å². The molecule has 0 atom stereocenters. The number of aryl methyl sites for hydroxylation is 1. The highest BCUT2D eigenvalue weighted by molar-refractivity contribution is 6.08. The molecule has 27 heavy (non-hydrogen) atoms. The monoisotopic (exact) mass is 371 g/mol. The van der Waals surface area contributed by atoms with E-state index in [2.05, 4.69) is 27.6 Å². The summed E-state index contributed by atoms with van der Waals surface area (Å²) in [5.41, 5.74) is 0.956. The second kappa shape index (κ2) is 10.3.